The van der Waals surface area contributed by atoms with Crippen molar-refractivity contribution in [2.24, 2.45) is 0 Å². The zero-order valence-electron chi connectivity index (χ0n) is 15.4. The highest BCUT2D eigenvalue weighted by atomic mass is 32.1. The van der Waals surface area contributed by atoms with E-state index in [1.807, 2.05) is 54.6 Å². The fourth-order valence-corrected chi connectivity index (χ4v) is 3.67. The second kappa shape index (κ2) is 8.06. The minimum atomic E-state index is 0.692. The SMILES string of the molecule is COc1cc(OC)c(-c2ccncc2)c(-c2nnc(Nc3ccccc3)s2)c1. The monoisotopic (exact) mass is 390 g/mol. The standard InChI is InChI=1S/C21H18N4O2S/c1-26-16-12-17(19(18(13-16)27-2)14-8-10-22-11-9-14)20-24-25-21(28-20)23-15-6-4-3-5-7-15/h3-13H,1-2H3,(H,23,25). The number of pyridine rings is 1. The Balaban J connectivity index is 1.80. The molecule has 0 aliphatic heterocycles. The van der Waals surface area contributed by atoms with Crippen molar-refractivity contribution in [2.45, 2.75) is 0 Å². The van der Waals surface area contributed by atoms with Crippen LogP contribution in [0.3, 0.4) is 0 Å². The van der Waals surface area contributed by atoms with Crippen LogP contribution in [0.1, 0.15) is 0 Å². The van der Waals surface area contributed by atoms with Crippen LogP contribution in [0.2, 0.25) is 0 Å². The number of ether oxygens (including phenoxy) is 2. The molecule has 7 heteroatoms. The summed E-state index contributed by atoms with van der Waals surface area (Å²) in [7, 11) is 3.28. The minimum Gasteiger partial charge on any atom is -0.497 e. The van der Waals surface area contributed by atoms with Gasteiger partial charge in [-0.3, -0.25) is 4.98 Å². The summed E-state index contributed by atoms with van der Waals surface area (Å²) in [6, 6.07) is 17.6. The molecule has 0 bridgehead atoms. The molecule has 28 heavy (non-hydrogen) atoms. The molecule has 4 rings (SSSR count). The number of hydrogen-bond donors (Lipinski definition) is 1. The number of aromatic nitrogens is 3. The van der Waals surface area contributed by atoms with Crippen molar-refractivity contribution < 1.29 is 9.47 Å². The van der Waals surface area contributed by atoms with Gasteiger partial charge in [-0.05, 0) is 35.9 Å². The summed E-state index contributed by atoms with van der Waals surface area (Å²) in [5.74, 6) is 1.39. The molecule has 2 heterocycles. The van der Waals surface area contributed by atoms with Crippen molar-refractivity contribution in [2.75, 3.05) is 19.5 Å². The molecule has 2 aromatic heterocycles. The number of para-hydroxylation sites is 1. The van der Waals surface area contributed by atoms with Crippen molar-refractivity contribution in [1.82, 2.24) is 15.2 Å². The Kier molecular flexibility index (Phi) is 5.16. The summed E-state index contributed by atoms with van der Waals surface area (Å²) in [4.78, 5) is 4.11. The maximum Gasteiger partial charge on any atom is 0.210 e. The van der Waals surface area contributed by atoms with Crippen LogP contribution in [-0.2, 0) is 0 Å². The first kappa shape index (κ1) is 17.9. The van der Waals surface area contributed by atoms with Gasteiger partial charge in [0.1, 0.15) is 16.5 Å². The Morgan fingerprint density at radius 3 is 2.39 bits per heavy atom. The zero-order valence-corrected chi connectivity index (χ0v) is 16.2. The predicted molar refractivity (Wildman–Crippen MR) is 111 cm³/mol. The van der Waals surface area contributed by atoms with Gasteiger partial charge in [-0.1, -0.05) is 29.5 Å². The molecule has 0 fully saturated rings. The zero-order chi connectivity index (χ0) is 19.3. The highest BCUT2D eigenvalue weighted by molar-refractivity contribution is 7.18. The Labute approximate surface area is 166 Å². The van der Waals surface area contributed by atoms with E-state index in [1.54, 1.807) is 26.6 Å². The van der Waals surface area contributed by atoms with E-state index in [1.165, 1.54) is 11.3 Å². The molecule has 0 aliphatic carbocycles. The molecule has 0 spiro atoms. The highest BCUT2D eigenvalue weighted by Gasteiger charge is 2.19. The summed E-state index contributed by atoms with van der Waals surface area (Å²) in [6.07, 6.45) is 3.51. The largest absolute Gasteiger partial charge is 0.497 e. The van der Waals surface area contributed by atoms with E-state index in [0.29, 0.717) is 16.6 Å². The van der Waals surface area contributed by atoms with Gasteiger partial charge >= 0.3 is 0 Å². The number of methoxy groups -OCH3 is 2. The lowest BCUT2D eigenvalue weighted by molar-refractivity contribution is 0.395. The molecule has 4 aromatic rings. The lowest BCUT2D eigenvalue weighted by atomic mass is 9.99. The van der Waals surface area contributed by atoms with Gasteiger partial charge in [0.15, 0.2) is 0 Å². The second-order valence-corrected chi connectivity index (χ2v) is 6.87. The topological polar surface area (TPSA) is 69.2 Å². The molecular weight excluding hydrogens is 372 g/mol. The molecule has 0 radical (unpaired) electrons. The van der Waals surface area contributed by atoms with E-state index < -0.39 is 0 Å². The molecule has 2 aromatic carbocycles. The Hall–Kier alpha value is -3.45. The van der Waals surface area contributed by atoms with Crippen LogP contribution in [0.4, 0.5) is 10.8 Å². The molecule has 0 saturated heterocycles. The molecule has 0 aliphatic rings. The van der Waals surface area contributed by atoms with E-state index in [-0.39, 0.29) is 0 Å². The van der Waals surface area contributed by atoms with Gasteiger partial charge in [0.2, 0.25) is 5.13 Å². The summed E-state index contributed by atoms with van der Waals surface area (Å²) in [5.41, 5.74) is 3.76. The van der Waals surface area contributed by atoms with Crippen LogP contribution >= 0.6 is 11.3 Å². The second-order valence-electron chi connectivity index (χ2n) is 5.89. The van der Waals surface area contributed by atoms with Crippen molar-refractivity contribution in [3.8, 4) is 33.2 Å². The van der Waals surface area contributed by atoms with Gasteiger partial charge in [-0.2, -0.15) is 0 Å². The van der Waals surface area contributed by atoms with Crippen LogP contribution in [0.5, 0.6) is 11.5 Å². The number of nitrogens with one attached hydrogen (secondary N) is 1. The summed E-state index contributed by atoms with van der Waals surface area (Å²) in [6.45, 7) is 0. The van der Waals surface area contributed by atoms with Crippen LogP contribution in [0.15, 0.2) is 67.0 Å². The van der Waals surface area contributed by atoms with Crippen molar-refractivity contribution in [1.29, 1.82) is 0 Å². The summed E-state index contributed by atoms with van der Waals surface area (Å²) in [5, 5.41) is 13.5. The number of benzene rings is 2. The molecule has 140 valence electrons. The lowest BCUT2D eigenvalue weighted by Gasteiger charge is -2.14. The maximum atomic E-state index is 5.65. The first-order valence-corrected chi connectivity index (χ1v) is 9.42. The molecule has 6 nitrogen and oxygen atoms in total. The van der Waals surface area contributed by atoms with Gasteiger partial charge in [-0.25, -0.2) is 0 Å². The average Bonchev–Trinajstić information content (AvgIpc) is 3.22. The van der Waals surface area contributed by atoms with Crippen LogP contribution in [0, 0.1) is 0 Å². The number of anilines is 2. The van der Waals surface area contributed by atoms with Gasteiger partial charge in [0.05, 0.1) is 14.2 Å². The first-order valence-electron chi connectivity index (χ1n) is 8.61. The third kappa shape index (κ3) is 3.65. The van der Waals surface area contributed by atoms with E-state index in [2.05, 4.69) is 20.5 Å². The number of nitrogens with zero attached hydrogens (tertiary/aromatic N) is 3. The maximum absolute atomic E-state index is 5.65. The Morgan fingerprint density at radius 1 is 0.893 bits per heavy atom. The van der Waals surface area contributed by atoms with Crippen molar-refractivity contribution >= 4 is 22.2 Å². The van der Waals surface area contributed by atoms with Gasteiger partial charge < -0.3 is 14.8 Å². The van der Waals surface area contributed by atoms with Gasteiger partial charge in [0, 0.05) is 35.3 Å². The molecule has 0 unspecified atom stereocenters. The van der Waals surface area contributed by atoms with Crippen LogP contribution in [0.25, 0.3) is 21.7 Å². The molecule has 1 N–H and O–H groups in total. The summed E-state index contributed by atoms with van der Waals surface area (Å²) < 4.78 is 11.1. The third-order valence-corrected chi connectivity index (χ3v) is 5.05. The normalized spacial score (nSPS) is 10.5. The van der Waals surface area contributed by atoms with Crippen LogP contribution < -0.4 is 14.8 Å². The lowest BCUT2D eigenvalue weighted by Crippen LogP contribution is -1.94. The molecule has 0 amide bonds. The fourth-order valence-electron chi connectivity index (χ4n) is 2.88. The Morgan fingerprint density at radius 2 is 1.68 bits per heavy atom. The van der Waals surface area contributed by atoms with E-state index in [0.717, 1.165) is 27.4 Å². The molecule has 0 saturated carbocycles. The van der Waals surface area contributed by atoms with E-state index >= 15 is 0 Å². The van der Waals surface area contributed by atoms with Crippen molar-refractivity contribution in [3.63, 3.8) is 0 Å². The fraction of sp³-hybridized carbons (Fsp3) is 0.0952. The smallest absolute Gasteiger partial charge is 0.210 e. The quantitative estimate of drug-likeness (QED) is 0.498. The first-order chi connectivity index (χ1) is 13.8. The van der Waals surface area contributed by atoms with Gasteiger partial charge in [0.25, 0.3) is 0 Å². The highest BCUT2D eigenvalue weighted by Crippen LogP contribution is 2.43. The van der Waals surface area contributed by atoms with Crippen LogP contribution in [-0.4, -0.2) is 29.4 Å². The number of rotatable bonds is 6. The van der Waals surface area contributed by atoms with Gasteiger partial charge in [-0.15, -0.1) is 10.2 Å². The van der Waals surface area contributed by atoms with Crippen molar-refractivity contribution in [3.05, 3.63) is 67.0 Å². The van der Waals surface area contributed by atoms with E-state index in [9.17, 15) is 0 Å². The minimum absolute atomic E-state index is 0.692. The molecule has 0 atom stereocenters. The van der Waals surface area contributed by atoms with E-state index in [4.69, 9.17) is 9.47 Å². The Bertz CT molecular complexity index is 1070. The third-order valence-electron chi connectivity index (χ3n) is 4.18. The summed E-state index contributed by atoms with van der Waals surface area (Å²) >= 11 is 1.47. The average molecular weight is 390 g/mol. The predicted octanol–water partition coefficient (Wildman–Crippen LogP) is 5.03. The number of hydrogen-bond acceptors (Lipinski definition) is 7. The molecular formula is C21H18N4O2S.